The molecule has 1 amide bonds. The normalized spacial score (nSPS) is 22.8. The van der Waals surface area contributed by atoms with Gasteiger partial charge in [0.05, 0.1) is 6.61 Å². The number of aliphatic hydroxyl groups is 2. The van der Waals surface area contributed by atoms with Gasteiger partial charge in [-0.2, -0.15) is 0 Å². The number of nitrogens with one attached hydrogen (secondary N) is 1. The van der Waals surface area contributed by atoms with Gasteiger partial charge in [0.15, 0.2) is 0 Å². The molecule has 0 saturated heterocycles. The smallest absolute Gasteiger partial charge is 0.226 e. The minimum Gasteiger partial charge on any atom is -0.393 e. The number of aliphatic hydroxyl groups excluding tert-OH is 1. The highest BCUT2D eigenvalue weighted by atomic mass is 16.3. The molecule has 0 radical (unpaired) electrons. The van der Waals surface area contributed by atoms with Crippen molar-refractivity contribution in [3.8, 4) is 0 Å². The lowest BCUT2D eigenvalue weighted by Gasteiger charge is -2.28. The van der Waals surface area contributed by atoms with Crippen molar-refractivity contribution >= 4 is 5.91 Å². The highest BCUT2D eigenvalue weighted by molar-refractivity contribution is 5.82. The van der Waals surface area contributed by atoms with Gasteiger partial charge in [0.25, 0.3) is 0 Å². The zero-order valence-electron chi connectivity index (χ0n) is 10.3. The lowest BCUT2D eigenvalue weighted by Crippen LogP contribution is -2.47. The van der Waals surface area contributed by atoms with Gasteiger partial charge < -0.3 is 15.5 Å². The zero-order valence-corrected chi connectivity index (χ0v) is 10.3. The van der Waals surface area contributed by atoms with Gasteiger partial charge >= 0.3 is 0 Å². The molecule has 0 aromatic heterocycles. The van der Waals surface area contributed by atoms with Gasteiger partial charge in [-0.3, -0.25) is 4.79 Å². The van der Waals surface area contributed by atoms with Crippen molar-refractivity contribution in [3.63, 3.8) is 0 Å². The minimum absolute atomic E-state index is 0.0289. The fourth-order valence-electron chi connectivity index (χ4n) is 2.31. The second kappa shape index (κ2) is 5.15. The molecular weight excluding hydrogens is 206 g/mol. The van der Waals surface area contributed by atoms with Crippen molar-refractivity contribution in [1.29, 1.82) is 0 Å². The Kier molecular flexibility index (Phi) is 4.33. The van der Waals surface area contributed by atoms with Crippen LogP contribution in [0.2, 0.25) is 0 Å². The van der Waals surface area contributed by atoms with Gasteiger partial charge in [-0.25, -0.2) is 0 Å². The Morgan fingerprint density at radius 3 is 2.44 bits per heavy atom. The molecule has 16 heavy (non-hydrogen) atoms. The Morgan fingerprint density at radius 1 is 1.44 bits per heavy atom. The van der Waals surface area contributed by atoms with E-state index in [1.54, 1.807) is 0 Å². The fourth-order valence-corrected chi connectivity index (χ4v) is 2.31. The molecule has 4 heteroatoms. The summed E-state index contributed by atoms with van der Waals surface area (Å²) in [6.45, 7) is 3.33. The number of rotatable bonds is 5. The van der Waals surface area contributed by atoms with Crippen LogP contribution in [0.3, 0.4) is 0 Å². The average molecular weight is 229 g/mol. The molecule has 1 saturated carbocycles. The Bertz CT molecular complexity index is 245. The maximum atomic E-state index is 12.1. The summed E-state index contributed by atoms with van der Waals surface area (Å²) in [4.78, 5) is 12.1. The van der Waals surface area contributed by atoms with Crippen molar-refractivity contribution in [2.24, 2.45) is 5.41 Å². The monoisotopic (exact) mass is 229 g/mol. The third-order valence-electron chi connectivity index (χ3n) is 3.69. The van der Waals surface area contributed by atoms with Crippen LogP contribution in [0.5, 0.6) is 0 Å². The van der Waals surface area contributed by atoms with Crippen molar-refractivity contribution in [3.05, 3.63) is 0 Å². The lowest BCUT2D eigenvalue weighted by atomic mass is 9.82. The van der Waals surface area contributed by atoms with E-state index < -0.39 is 5.60 Å². The molecule has 1 rings (SSSR count). The number of hydrogen-bond donors (Lipinski definition) is 3. The SMILES string of the molecule is CCC1(C(=O)NCC(C)(O)CO)CCCC1. The largest absolute Gasteiger partial charge is 0.393 e. The molecule has 1 atom stereocenters. The summed E-state index contributed by atoms with van der Waals surface area (Å²) in [5, 5.41) is 21.3. The van der Waals surface area contributed by atoms with E-state index in [9.17, 15) is 9.90 Å². The molecule has 0 aromatic carbocycles. The molecule has 1 aliphatic rings. The molecule has 0 aliphatic heterocycles. The maximum absolute atomic E-state index is 12.1. The van der Waals surface area contributed by atoms with E-state index in [4.69, 9.17) is 5.11 Å². The first-order valence-electron chi connectivity index (χ1n) is 6.07. The number of carbonyl (C=O) groups is 1. The summed E-state index contributed by atoms with van der Waals surface area (Å²) in [6.07, 6.45) is 4.95. The van der Waals surface area contributed by atoms with Gasteiger partial charge in [0, 0.05) is 12.0 Å². The van der Waals surface area contributed by atoms with E-state index in [2.05, 4.69) is 5.32 Å². The lowest BCUT2D eigenvalue weighted by molar-refractivity contribution is -0.132. The summed E-state index contributed by atoms with van der Waals surface area (Å²) in [6, 6.07) is 0. The van der Waals surface area contributed by atoms with E-state index in [1.807, 2.05) is 6.92 Å². The number of amides is 1. The standard InChI is InChI=1S/C12H23NO3/c1-3-12(6-4-5-7-12)10(15)13-8-11(2,16)9-14/h14,16H,3-9H2,1-2H3,(H,13,15). The molecule has 1 unspecified atom stereocenters. The van der Waals surface area contributed by atoms with E-state index in [0.717, 1.165) is 32.1 Å². The molecular formula is C12H23NO3. The molecule has 0 spiro atoms. The zero-order chi connectivity index (χ0) is 12.2. The fraction of sp³-hybridized carbons (Fsp3) is 0.917. The van der Waals surface area contributed by atoms with E-state index in [1.165, 1.54) is 6.92 Å². The molecule has 1 aliphatic carbocycles. The Labute approximate surface area is 97.0 Å². The second-order valence-corrected chi connectivity index (χ2v) is 5.18. The highest BCUT2D eigenvalue weighted by Gasteiger charge is 2.39. The first-order chi connectivity index (χ1) is 7.46. The third-order valence-corrected chi connectivity index (χ3v) is 3.69. The minimum atomic E-state index is -1.22. The van der Waals surface area contributed by atoms with Crippen LogP contribution >= 0.6 is 0 Å². The summed E-state index contributed by atoms with van der Waals surface area (Å²) in [7, 11) is 0. The van der Waals surface area contributed by atoms with Crippen LogP contribution in [0, 0.1) is 5.41 Å². The number of hydrogen-bond acceptors (Lipinski definition) is 3. The Hall–Kier alpha value is -0.610. The Balaban J connectivity index is 2.51. The molecule has 0 aromatic rings. The predicted octanol–water partition coefficient (Wildman–Crippen LogP) is 0.816. The van der Waals surface area contributed by atoms with Crippen LogP contribution in [-0.2, 0) is 4.79 Å². The highest BCUT2D eigenvalue weighted by Crippen LogP contribution is 2.41. The summed E-state index contributed by atoms with van der Waals surface area (Å²) in [5.41, 5.74) is -1.45. The first-order valence-corrected chi connectivity index (χ1v) is 6.07. The van der Waals surface area contributed by atoms with E-state index >= 15 is 0 Å². The molecule has 3 N–H and O–H groups in total. The van der Waals surface area contributed by atoms with Crippen LogP contribution in [0.25, 0.3) is 0 Å². The van der Waals surface area contributed by atoms with Crippen LogP contribution in [0.15, 0.2) is 0 Å². The second-order valence-electron chi connectivity index (χ2n) is 5.18. The van der Waals surface area contributed by atoms with Gasteiger partial charge in [0.1, 0.15) is 5.60 Å². The molecule has 0 bridgehead atoms. The van der Waals surface area contributed by atoms with Crippen molar-refractivity contribution in [2.75, 3.05) is 13.2 Å². The van der Waals surface area contributed by atoms with Crippen molar-refractivity contribution < 1.29 is 15.0 Å². The first kappa shape index (κ1) is 13.5. The van der Waals surface area contributed by atoms with Crippen molar-refractivity contribution in [1.82, 2.24) is 5.32 Å². The van der Waals surface area contributed by atoms with Crippen LogP contribution < -0.4 is 5.32 Å². The summed E-state index contributed by atoms with van der Waals surface area (Å²) < 4.78 is 0. The van der Waals surface area contributed by atoms with Gasteiger partial charge in [0.2, 0.25) is 5.91 Å². The van der Waals surface area contributed by atoms with Crippen molar-refractivity contribution in [2.45, 2.75) is 51.6 Å². The summed E-state index contributed by atoms with van der Waals surface area (Å²) >= 11 is 0. The third kappa shape index (κ3) is 2.95. The molecule has 94 valence electrons. The summed E-state index contributed by atoms with van der Waals surface area (Å²) in [5.74, 6) is 0.0289. The average Bonchev–Trinajstić information content (AvgIpc) is 2.76. The Morgan fingerprint density at radius 2 is 2.00 bits per heavy atom. The molecule has 1 fully saturated rings. The van der Waals surface area contributed by atoms with Gasteiger partial charge in [-0.15, -0.1) is 0 Å². The molecule has 4 nitrogen and oxygen atoms in total. The molecule has 0 heterocycles. The number of carbonyl (C=O) groups excluding carboxylic acids is 1. The topological polar surface area (TPSA) is 69.6 Å². The van der Waals surface area contributed by atoms with Gasteiger partial charge in [-0.05, 0) is 26.2 Å². The van der Waals surface area contributed by atoms with E-state index in [0.29, 0.717) is 0 Å². The quantitative estimate of drug-likeness (QED) is 0.653. The van der Waals surface area contributed by atoms with Crippen LogP contribution in [0.1, 0.15) is 46.0 Å². The van der Waals surface area contributed by atoms with Crippen LogP contribution in [-0.4, -0.2) is 34.9 Å². The van der Waals surface area contributed by atoms with Crippen LogP contribution in [0.4, 0.5) is 0 Å². The van der Waals surface area contributed by atoms with E-state index in [-0.39, 0.29) is 24.5 Å². The maximum Gasteiger partial charge on any atom is 0.226 e. The van der Waals surface area contributed by atoms with Gasteiger partial charge in [-0.1, -0.05) is 19.8 Å². The predicted molar refractivity (Wildman–Crippen MR) is 61.9 cm³/mol.